The second kappa shape index (κ2) is 1.56. The van der Waals surface area contributed by atoms with Gasteiger partial charge >= 0.3 is 0 Å². The van der Waals surface area contributed by atoms with E-state index < -0.39 is 0 Å². The molecule has 3 rings (SSSR count). The number of hydrogen-bond donors (Lipinski definition) is 2. The van der Waals surface area contributed by atoms with Crippen molar-refractivity contribution in [1.82, 2.24) is 5.32 Å². The molecule has 0 aromatic heterocycles. The molecule has 2 N–H and O–H groups in total. The van der Waals surface area contributed by atoms with Gasteiger partial charge in [-0.2, -0.15) is 0 Å². The van der Waals surface area contributed by atoms with Gasteiger partial charge in [-0.3, -0.25) is 0 Å². The molecule has 3 aliphatic rings. The lowest BCUT2D eigenvalue weighted by molar-refractivity contribution is 0.0909. The Balaban J connectivity index is 2.00. The molecule has 2 bridgehead atoms. The Kier molecular flexibility index (Phi) is 0.868. The van der Waals surface area contributed by atoms with E-state index in [4.69, 9.17) is 0 Å². The summed E-state index contributed by atoms with van der Waals surface area (Å²) in [5, 5.41) is 13.1. The summed E-state index contributed by atoms with van der Waals surface area (Å²) in [5.41, 5.74) is 0. The fraction of sp³-hybridized carbons (Fsp3) is 1.00. The van der Waals surface area contributed by atoms with E-state index in [1.807, 2.05) is 0 Å². The zero-order valence-electron chi connectivity index (χ0n) is 5.96. The van der Waals surface area contributed by atoms with Crippen molar-refractivity contribution >= 4 is 0 Å². The van der Waals surface area contributed by atoms with Crippen LogP contribution in [0.2, 0.25) is 0 Å². The summed E-state index contributed by atoms with van der Waals surface area (Å²) in [6.45, 7) is 1.17. The van der Waals surface area contributed by atoms with Crippen molar-refractivity contribution in [2.75, 3.05) is 6.54 Å². The van der Waals surface area contributed by atoms with Gasteiger partial charge in [0.05, 0.1) is 6.10 Å². The van der Waals surface area contributed by atoms with Crippen LogP contribution in [-0.4, -0.2) is 23.8 Å². The van der Waals surface area contributed by atoms with Crippen molar-refractivity contribution in [3.8, 4) is 0 Å². The van der Waals surface area contributed by atoms with E-state index >= 15 is 0 Å². The van der Waals surface area contributed by atoms with E-state index in [9.17, 15) is 5.11 Å². The molecule has 2 saturated carbocycles. The molecule has 0 aromatic rings. The highest BCUT2D eigenvalue weighted by Crippen LogP contribution is 2.51. The van der Waals surface area contributed by atoms with Crippen LogP contribution in [0.4, 0.5) is 0 Å². The molecule has 1 aliphatic heterocycles. The first kappa shape index (κ1) is 5.56. The van der Waals surface area contributed by atoms with Crippen LogP contribution in [0.3, 0.4) is 0 Å². The topological polar surface area (TPSA) is 32.3 Å². The Morgan fingerprint density at radius 1 is 1.20 bits per heavy atom. The fourth-order valence-corrected chi connectivity index (χ4v) is 3.26. The summed E-state index contributed by atoms with van der Waals surface area (Å²) < 4.78 is 0. The van der Waals surface area contributed by atoms with E-state index in [1.165, 1.54) is 19.4 Å². The number of hydrogen-bond acceptors (Lipinski definition) is 2. The monoisotopic (exact) mass is 139 g/mol. The zero-order valence-corrected chi connectivity index (χ0v) is 5.96. The predicted molar refractivity (Wildman–Crippen MR) is 37.5 cm³/mol. The lowest BCUT2D eigenvalue weighted by Crippen LogP contribution is -2.37. The van der Waals surface area contributed by atoms with Crippen LogP contribution < -0.4 is 5.32 Å². The van der Waals surface area contributed by atoms with Gasteiger partial charge in [-0.1, -0.05) is 0 Å². The smallest absolute Gasteiger partial charge is 0.0724 e. The highest BCUT2D eigenvalue weighted by molar-refractivity contribution is 5.09. The minimum Gasteiger partial charge on any atom is -0.391 e. The Bertz CT molecular complexity index is 169. The molecule has 2 nitrogen and oxygen atoms in total. The summed E-state index contributed by atoms with van der Waals surface area (Å²) >= 11 is 0. The summed E-state index contributed by atoms with van der Waals surface area (Å²) in [4.78, 5) is 0. The fourth-order valence-electron chi connectivity index (χ4n) is 3.26. The quantitative estimate of drug-likeness (QED) is 0.494. The standard InChI is InChI=1S/C8H13NO/c10-8-4-1-5-3-9-7(8)6(5)2-4/h4-10H,1-3H2/t4-,5+,6-,7+,8+/m0/s1. The minimum atomic E-state index is -0.0104. The van der Waals surface area contributed by atoms with Crippen molar-refractivity contribution < 1.29 is 5.11 Å². The lowest BCUT2D eigenvalue weighted by Gasteiger charge is -2.22. The molecule has 1 saturated heterocycles. The van der Waals surface area contributed by atoms with Crippen LogP contribution in [0.25, 0.3) is 0 Å². The molecule has 2 heteroatoms. The Labute approximate surface area is 60.6 Å². The van der Waals surface area contributed by atoms with Gasteiger partial charge in [0, 0.05) is 6.04 Å². The predicted octanol–water partition coefficient (Wildman–Crippen LogP) is -0.0249. The highest BCUT2D eigenvalue weighted by atomic mass is 16.3. The van der Waals surface area contributed by atoms with Crippen LogP contribution >= 0.6 is 0 Å². The molecule has 3 fully saturated rings. The van der Waals surface area contributed by atoms with Crippen molar-refractivity contribution in [2.24, 2.45) is 17.8 Å². The molecule has 0 spiro atoms. The van der Waals surface area contributed by atoms with Crippen molar-refractivity contribution in [1.29, 1.82) is 0 Å². The molecule has 10 heavy (non-hydrogen) atoms. The summed E-state index contributed by atoms with van der Waals surface area (Å²) in [6.07, 6.45) is 2.57. The maximum atomic E-state index is 9.64. The SMILES string of the molecule is O[C@@H]1[C@H]2C[C@@H]3CN[C@@H]1[C@H]3C2. The second-order valence-corrected chi connectivity index (χ2v) is 4.08. The van der Waals surface area contributed by atoms with Crippen LogP contribution in [-0.2, 0) is 0 Å². The zero-order chi connectivity index (χ0) is 6.72. The first-order valence-electron chi connectivity index (χ1n) is 4.28. The van der Waals surface area contributed by atoms with Gasteiger partial charge in [0.2, 0.25) is 0 Å². The third kappa shape index (κ3) is 0.453. The van der Waals surface area contributed by atoms with Crippen LogP contribution in [0.5, 0.6) is 0 Å². The number of aliphatic hydroxyl groups is 1. The average Bonchev–Trinajstić information content (AvgIpc) is 2.43. The molecule has 1 heterocycles. The lowest BCUT2D eigenvalue weighted by atomic mass is 9.88. The molecule has 0 amide bonds. The Morgan fingerprint density at radius 3 is 2.80 bits per heavy atom. The number of fused-ring (bicyclic) bond motifs is 1. The average molecular weight is 139 g/mol. The van der Waals surface area contributed by atoms with Crippen LogP contribution in [0, 0.1) is 17.8 Å². The van der Waals surface area contributed by atoms with Crippen molar-refractivity contribution in [3.63, 3.8) is 0 Å². The third-order valence-electron chi connectivity index (χ3n) is 3.71. The summed E-state index contributed by atoms with van der Waals surface area (Å²) in [5.74, 6) is 2.40. The molecule has 56 valence electrons. The molecule has 0 aromatic carbocycles. The first-order chi connectivity index (χ1) is 4.86. The van der Waals surface area contributed by atoms with Gasteiger partial charge in [-0.25, -0.2) is 0 Å². The van der Waals surface area contributed by atoms with E-state index in [2.05, 4.69) is 5.32 Å². The van der Waals surface area contributed by atoms with E-state index in [0.29, 0.717) is 12.0 Å². The Hall–Kier alpha value is -0.0800. The largest absolute Gasteiger partial charge is 0.391 e. The normalized spacial score (nSPS) is 63.9. The first-order valence-corrected chi connectivity index (χ1v) is 4.28. The maximum Gasteiger partial charge on any atom is 0.0724 e. The van der Waals surface area contributed by atoms with Gasteiger partial charge in [0.15, 0.2) is 0 Å². The second-order valence-electron chi connectivity index (χ2n) is 4.08. The van der Waals surface area contributed by atoms with Crippen LogP contribution in [0.1, 0.15) is 12.8 Å². The van der Waals surface area contributed by atoms with Gasteiger partial charge in [0.25, 0.3) is 0 Å². The molecule has 0 unspecified atom stereocenters. The van der Waals surface area contributed by atoms with Gasteiger partial charge in [0.1, 0.15) is 0 Å². The molecule has 2 aliphatic carbocycles. The molecular weight excluding hydrogens is 126 g/mol. The molecule has 0 radical (unpaired) electrons. The van der Waals surface area contributed by atoms with Crippen molar-refractivity contribution in [2.45, 2.75) is 25.0 Å². The number of rotatable bonds is 0. The Morgan fingerprint density at radius 2 is 2.10 bits per heavy atom. The molecule has 5 atom stereocenters. The number of aliphatic hydroxyl groups excluding tert-OH is 1. The summed E-state index contributed by atoms with van der Waals surface area (Å²) in [6, 6.07) is 0.476. The van der Waals surface area contributed by atoms with E-state index in [1.54, 1.807) is 0 Å². The summed E-state index contributed by atoms with van der Waals surface area (Å²) in [7, 11) is 0. The third-order valence-corrected chi connectivity index (χ3v) is 3.71. The molecular formula is C8H13NO. The maximum absolute atomic E-state index is 9.64. The van der Waals surface area contributed by atoms with E-state index in [-0.39, 0.29) is 6.10 Å². The van der Waals surface area contributed by atoms with Crippen molar-refractivity contribution in [3.05, 3.63) is 0 Å². The van der Waals surface area contributed by atoms with Gasteiger partial charge in [-0.05, 0) is 37.1 Å². The number of nitrogens with one attached hydrogen (secondary N) is 1. The van der Waals surface area contributed by atoms with Gasteiger partial charge in [-0.15, -0.1) is 0 Å². The van der Waals surface area contributed by atoms with Crippen LogP contribution in [0.15, 0.2) is 0 Å². The van der Waals surface area contributed by atoms with E-state index in [0.717, 1.165) is 11.8 Å². The minimum absolute atomic E-state index is 0.0104. The van der Waals surface area contributed by atoms with Gasteiger partial charge < -0.3 is 10.4 Å². The highest BCUT2D eigenvalue weighted by Gasteiger charge is 2.55.